The second kappa shape index (κ2) is 7.17. The first-order valence-corrected chi connectivity index (χ1v) is 8.69. The van der Waals surface area contributed by atoms with Crippen molar-refractivity contribution < 1.29 is 13.6 Å². The Hall–Kier alpha value is -1.50. The minimum Gasteiger partial charge on any atom is -0.342 e. The van der Waals surface area contributed by atoms with Crippen LogP contribution in [0.4, 0.5) is 14.7 Å². The van der Waals surface area contributed by atoms with E-state index in [1.807, 2.05) is 0 Å². The average Bonchev–Trinajstić information content (AvgIpc) is 2.56. The summed E-state index contributed by atoms with van der Waals surface area (Å²) in [6.07, 6.45) is 4.91. The van der Waals surface area contributed by atoms with Crippen molar-refractivity contribution in [2.75, 3.05) is 31.1 Å². The minimum atomic E-state index is -2.61. The molecule has 0 N–H and O–H groups in total. The molecule has 1 aromatic heterocycles. The number of aromatic nitrogens is 2. The van der Waals surface area contributed by atoms with Crippen LogP contribution in [0.25, 0.3) is 0 Å². The Kier molecular flexibility index (Phi) is 5.18. The lowest BCUT2D eigenvalue weighted by Gasteiger charge is -2.35. The molecule has 1 amide bonds. The Morgan fingerprint density at radius 1 is 1.17 bits per heavy atom. The maximum Gasteiger partial charge on any atom is 0.251 e. The van der Waals surface area contributed by atoms with Crippen molar-refractivity contribution in [1.29, 1.82) is 0 Å². The summed E-state index contributed by atoms with van der Waals surface area (Å²) in [5, 5.41) is 0.506. The van der Waals surface area contributed by atoms with Crippen LogP contribution in [0, 0.1) is 5.92 Å². The molecule has 0 aromatic carbocycles. The van der Waals surface area contributed by atoms with Gasteiger partial charge in [0.05, 0.1) is 17.4 Å². The van der Waals surface area contributed by atoms with Crippen molar-refractivity contribution in [2.45, 2.75) is 38.0 Å². The molecule has 132 valence electrons. The second-order valence-corrected chi connectivity index (χ2v) is 7.01. The van der Waals surface area contributed by atoms with E-state index in [2.05, 4.69) is 14.9 Å². The summed E-state index contributed by atoms with van der Waals surface area (Å²) in [6.45, 7) is 1.92. The van der Waals surface area contributed by atoms with Gasteiger partial charge < -0.3 is 9.80 Å². The number of likely N-dealkylation sites (tertiary alicyclic amines) is 1. The molecule has 2 saturated heterocycles. The van der Waals surface area contributed by atoms with E-state index < -0.39 is 5.92 Å². The van der Waals surface area contributed by atoms with Crippen LogP contribution in [-0.2, 0) is 4.79 Å². The highest BCUT2D eigenvalue weighted by Gasteiger charge is 2.36. The number of carbonyl (C=O) groups excluding carboxylic acids is 1. The summed E-state index contributed by atoms with van der Waals surface area (Å²) in [7, 11) is 0. The van der Waals surface area contributed by atoms with E-state index >= 15 is 0 Å². The number of rotatable bonds is 3. The molecule has 0 aliphatic carbocycles. The molecule has 2 aliphatic heterocycles. The van der Waals surface area contributed by atoms with Crippen LogP contribution in [0.5, 0.6) is 0 Å². The van der Waals surface area contributed by atoms with Gasteiger partial charge in [-0.3, -0.25) is 4.79 Å². The van der Waals surface area contributed by atoms with Crippen molar-refractivity contribution in [1.82, 2.24) is 14.9 Å². The fourth-order valence-corrected chi connectivity index (χ4v) is 3.36. The maximum absolute atomic E-state index is 13.2. The summed E-state index contributed by atoms with van der Waals surface area (Å²) in [5.74, 6) is -1.65. The third-order valence-electron chi connectivity index (χ3n) is 4.82. The van der Waals surface area contributed by atoms with Crippen LogP contribution in [0.1, 0.15) is 32.1 Å². The largest absolute Gasteiger partial charge is 0.342 e. The highest BCUT2D eigenvalue weighted by atomic mass is 35.5. The van der Waals surface area contributed by atoms with E-state index in [1.54, 1.807) is 17.3 Å². The molecule has 3 heterocycles. The number of hydrogen-bond donors (Lipinski definition) is 0. The topological polar surface area (TPSA) is 49.3 Å². The molecule has 0 unspecified atom stereocenters. The maximum atomic E-state index is 13.2. The summed E-state index contributed by atoms with van der Waals surface area (Å²) in [5.41, 5.74) is 0. The smallest absolute Gasteiger partial charge is 0.251 e. The quantitative estimate of drug-likeness (QED) is 0.833. The first-order chi connectivity index (χ1) is 11.4. The molecule has 5 nitrogen and oxygen atoms in total. The molecule has 1 aromatic rings. The molecular weight excluding hydrogens is 338 g/mol. The van der Waals surface area contributed by atoms with Crippen molar-refractivity contribution >= 4 is 23.5 Å². The normalized spacial score (nSPS) is 21.8. The number of anilines is 1. The zero-order valence-corrected chi connectivity index (χ0v) is 14.2. The van der Waals surface area contributed by atoms with E-state index in [4.69, 9.17) is 11.6 Å². The van der Waals surface area contributed by atoms with Gasteiger partial charge in [0.25, 0.3) is 5.92 Å². The summed E-state index contributed by atoms with van der Waals surface area (Å²) < 4.78 is 26.3. The Labute approximate surface area is 145 Å². The number of alkyl halides is 2. The summed E-state index contributed by atoms with van der Waals surface area (Å²) in [6, 6.07) is 0. The van der Waals surface area contributed by atoms with E-state index in [9.17, 15) is 13.6 Å². The Bertz CT molecular complexity index is 566. The van der Waals surface area contributed by atoms with Crippen LogP contribution in [0.15, 0.2) is 12.4 Å². The van der Waals surface area contributed by atoms with Gasteiger partial charge in [-0.15, -0.1) is 0 Å². The Morgan fingerprint density at radius 2 is 1.75 bits per heavy atom. The van der Waals surface area contributed by atoms with Crippen molar-refractivity contribution in [3.8, 4) is 0 Å². The fourth-order valence-electron chi connectivity index (χ4n) is 3.27. The molecule has 0 atom stereocenters. The van der Waals surface area contributed by atoms with Gasteiger partial charge in [0.15, 0.2) is 0 Å². The number of halogens is 3. The second-order valence-electron chi connectivity index (χ2n) is 6.57. The van der Waals surface area contributed by atoms with Crippen molar-refractivity contribution in [3.05, 3.63) is 17.4 Å². The monoisotopic (exact) mass is 358 g/mol. The number of piperidine rings is 2. The lowest BCUT2D eigenvalue weighted by Crippen LogP contribution is -2.44. The zero-order valence-electron chi connectivity index (χ0n) is 13.4. The predicted octanol–water partition coefficient (Wildman–Crippen LogP) is 2.99. The lowest BCUT2D eigenvalue weighted by atomic mass is 9.92. The Balaban J connectivity index is 1.45. The van der Waals surface area contributed by atoms with Gasteiger partial charge in [-0.25, -0.2) is 18.7 Å². The third kappa shape index (κ3) is 4.32. The summed E-state index contributed by atoms with van der Waals surface area (Å²) in [4.78, 5) is 24.4. The van der Waals surface area contributed by atoms with Crippen LogP contribution < -0.4 is 4.90 Å². The van der Waals surface area contributed by atoms with Gasteiger partial charge in [-0.05, 0) is 18.8 Å². The lowest BCUT2D eigenvalue weighted by molar-refractivity contribution is -0.138. The van der Waals surface area contributed by atoms with Gasteiger partial charge in [0.1, 0.15) is 0 Å². The number of carbonyl (C=O) groups is 1. The molecule has 8 heteroatoms. The van der Waals surface area contributed by atoms with Gasteiger partial charge in [-0.1, -0.05) is 11.6 Å². The van der Waals surface area contributed by atoms with Crippen LogP contribution >= 0.6 is 11.6 Å². The highest BCUT2D eigenvalue weighted by molar-refractivity contribution is 6.30. The van der Waals surface area contributed by atoms with Crippen molar-refractivity contribution in [2.24, 2.45) is 5.92 Å². The SMILES string of the molecule is O=C(CC1CCN(c2ncc(Cl)cn2)CC1)N1CCC(F)(F)CC1. The van der Waals surface area contributed by atoms with Gasteiger partial charge >= 0.3 is 0 Å². The third-order valence-corrected chi connectivity index (χ3v) is 5.01. The molecule has 2 fully saturated rings. The average molecular weight is 359 g/mol. The molecule has 3 rings (SSSR count). The molecule has 0 spiro atoms. The van der Waals surface area contributed by atoms with E-state index in [1.165, 1.54) is 0 Å². The standard InChI is InChI=1S/C16H21ClF2N4O/c17-13-10-20-15(21-11-13)23-5-1-12(2-6-23)9-14(24)22-7-3-16(18,19)4-8-22/h10-12H,1-9H2. The Morgan fingerprint density at radius 3 is 2.33 bits per heavy atom. The van der Waals surface area contributed by atoms with E-state index in [0.29, 0.717) is 23.3 Å². The van der Waals surface area contributed by atoms with Crippen LogP contribution in [-0.4, -0.2) is 52.9 Å². The molecule has 0 radical (unpaired) electrons. The number of nitrogens with zero attached hydrogens (tertiary/aromatic N) is 4. The predicted molar refractivity (Wildman–Crippen MR) is 87.4 cm³/mol. The van der Waals surface area contributed by atoms with Crippen LogP contribution in [0.2, 0.25) is 5.02 Å². The van der Waals surface area contributed by atoms with Gasteiger partial charge in [-0.2, -0.15) is 0 Å². The number of amides is 1. The van der Waals surface area contributed by atoms with Crippen LogP contribution in [0.3, 0.4) is 0 Å². The first kappa shape index (κ1) is 17.3. The molecule has 24 heavy (non-hydrogen) atoms. The molecule has 0 bridgehead atoms. The fraction of sp³-hybridized carbons (Fsp3) is 0.688. The molecule has 2 aliphatic rings. The highest BCUT2D eigenvalue weighted by Crippen LogP contribution is 2.29. The zero-order chi connectivity index (χ0) is 17.2. The summed E-state index contributed by atoms with van der Waals surface area (Å²) >= 11 is 5.79. The van der Waals surface area contributed by atoms with E-state index in [-0.39, 0.29) is 31.8 Å². The van der Waals surface area contributed by atoms with Crippen molar-refractivity contribution in [3.63, 3.8) is 0 Å². The van der Waals surface area contributed by atoms with E-state index in [0.717, 1.165) is 25.9 Å². The van der Waals surface area contributed by atoms with Gasteiger partial charge in [0.2, 0.25) is 11.9 Å². The minimum absolute atomic E-state index is 0.00620. The number of hydrogen-bond acceptors (Lipinski definition) is 4. The first-order valence-electron chi connectivity index (χ1n) is 8.31. The molecule has 0 saturated carbocycles. The molecular formula is C16H21ClF2N4O. The van der Waals surface area contributed by atoms with Gasteiger partial charge in [0, 0.05) is 45.4 Å².